The van der Waals surface area contributed by atoms with Crippen molar-refractivity contribution in [2.24, 2.45) is 0 Å². The maximum Gasteiger partial charge on any atom is 0.255 e. The van der Waals surface area contributed by atoms with E-state index in [-0.39, 0.29) is 30.7 Å². The Morgan fingerprint density at radius 2 is 2.03 bits per heavy atom. The molecule has 3 rings (SSSR count). The molecular formula is C21H29N3O5. The highest BCUT2D eigenvalue weighted by atomic mass is 16.5. The molecule has 0 aromatic heterocycles. The lowest BCUT2D eigenvalue weighted by Crippen LogP contribution is -2.46. The van der Waals surface area contributed by atoms with E-state index in [1.807, 2.05) is 13.8 Å². The van der Waals surface area contributed by atoms with Crippen molar-refractivity contribution < 1.29 is 23.9 Å². The van der Waals surface area contributed by atoms with E-state index < -0.39 is 5.60 Å². The highest BCUT2D eigenvalue weighted by Crippen LogP contribution is 2.35. The average Bonchev–Trinajstić information content (AvgIpc) is 2.96. The summed E-state index contributed by atoms with van der Waals surface area (Å²) < 4.78 is 11.6. The van der Waals surface area contributed by atoms with Gasteiger partial charge < -0.3 is 24.6 Å². The number of ether oxygens (including phenoxy) is 2. The molecule has 1 saturated heterocycles. The molecule has 0 radical (unpaired) electrons. The first-order valence-electron chi connectivity index (χ1n) is 10.1. The highest BCUT2D eigenvalue weighted by molar-refractivity contribution is 5.97. The normalized spacial score (nSPS) is 21.6. The van der Waals surface area contributed by atoms with Gasteiger partial charge in [0.15, 0.2) is 0 Å². The maximum atomic E-state index is 12.7. The van der Waals surface area contributed by atoms with Gasteiger partial charge in [-0.1, -0.05) is 0 Å². The molecule has 8 nitrogen and oxygen atoms in total. The number of likely N-dealkylation sites (N-methyl/N-ethyl adjacent to an activating group) is 1. The molecule has 1 unspecified atom stereocenters. The molecule has 1 aromatic rings. The fraction of sp³-hybridized carbons (Fsp3) is 0.571. The summed E-state index contributed by atoms with van der Waals surface area (Å²) in [5.74, 6) is 0.741. The SMILES string of the molecule is CCN(CC)C(=O)CN1CCC2(CCC1=O)CNC(=O)c1ccc(OC)cc1O2. The van der Waals surface area contributed by atoms with Gasteiger partial charge in [0.05, 0.1) is 25.8 Å². The van der Waals surface area contributed by atoms with E-state index in [0.29, 0.717) is 56.1 Å². The van der Waals surface area contributed by atoms with Gasteiger partial charge in [0.1, 0.15) is 17.1 Å². The second-order valence-corrected chi connectivity index (χ2v) is 7.46. The number of hydrogen-bond acceptors (Lipinski definition) is 5. The van der Waals surface area contributed by atoms with E-state index in [9.17, 15) is 14.4 Å². The van der Waals surface area contributed by atoms with Crippen LogP contribution < -0.4 is 14.8 Å². The first-order valence-corrected chi connectivity index (χ1v) is 10.1. The minimum atomic E-state index is -0.698. The predicted octanol–water partition coefficient (Wildman–Crippen LogP) is 1.44. The van der Waals surface area contributed by atoms with Gasteiger partial charge in [0, 0.05) is 38.5 Å². The molecule has 8 heteroatoms. The second-order valence-electron chi connectivity index (χ2n) is 7.46. The third kappa shape index (κ3) is 4.46. The standard InChI is InChI=1S/C21H29N3O5/c1-4-23(5-2)19(26)13-24-11-10-21(9-8-18(24)25)14-22-20(27)16-7-6-15(28-3)12-17(16)29-21/h6-7,12H,4-5,8-11,13-14H2,1-3H3,(H,22,27). The van der Waals surface area contributed by atoms with Crippen LogP contribution in [-0.2, 0) is 9.59 Å². The van der Waals surface area contributed by atoms with Crippen LogP contribution in [-0.4, -0.2) is 73.0 Å². The minimum absolute atomic E-state index is 0.0514. The Morgan fingerprint density at radius 1 is 1.28 bits per heavy atom. The molecule has 0 bridgehead atoms. The van der Waals surface area contributed by atoms with E-state index in [0.717, 1.165) is 0 Å². The van der Waals surface area contributed by atoms with Crippen molar-refractivity contribution in [2.45, 2.75) is 38.7 Å². The maximum absolute atomic E-state index is 12.7. The van der Waals surface area contributed by atoms with Crippen molar-refractivity contribution in [2.75, 3.05) is 39.8 Å². The number of methoxy groups -OCH3 is 1. The van der Waals surface area contributed by atoms with Crippen LogP contribution in [0, 0.1) is 0 Å². The van der Waals surface area contributed by atoms with Crippen LogP contribution in [0.25, 0.3) is 0 Å². The fourth-order valence-corrected chi connectivity index (χ4v) is 3.87. The number of fused-ring (bicyclic) bond motifs is 1. The van der Waals surface area contributed by atoms with Crippen LogP contribution in [0.1, 0.15) is 43.5 Å². The molecule has 2 aliphatic rings. The van der Waals surface area contributed by atoms with Gasteiger partial charge in [-0.05, 0) is 32.4 Å². The van der Waals surface area contributed by atoms with Crippen LogP contribution in [0.2, 0.25) is 0 Å². The van der Waals surface area contributed by atoms with Crippen LogP contribution in [0.5, 0.6) is 11.5 Å². The third-order valence-corrected chi connectivity index (χ3v) is 5.76. The molecule has 2 aliphatic heterocycles. The highest BCUT2D eigenvalue weighted by Gasteiger charge is 2.40. The number of hydrogen-bond donors (Lipinski definition) is 1. The zero-order valence-corrected chi connectivity index (χ0v) is 17.3. The van der Waals surface area contributed by atoms with Crippen molar-refractivity contribution in [1.82, 2.24) is 15.1 Å². The van der Waals surface area contributed by atoms with E-state index in [4.69, 9.17) is 9.47 Å². The van der Waals surface area contributed by atoms with Gasteiger partial charge in [0.25, 0.3) is 5.91 Å². The van der Waals surface area contributed by atoms with Crippen LogP contribution in [0.3, 0.4) is 0 Å². The lowest BCUT2D eigenvalue weighted by Gasteiger charge is -2.32. The predicted molar refractivity (Wildman–Crippen MR) is 107 cm³/mol. The Hall–Kier alpha value is -2.77. The smallest absolute Gasteiger partial charge is 0.255 e. The van der Waals surface area contributed by atoms with Crippen LogP contribution >= 0.6 is 0 Å². The number of carbonyl (C=O) groups excluding carboxylic acids is 3. The quantitative estimate of drug-likeness (QED) is 0.804. The van der Waals surface area contributed by atoms with Crippen molar-refractivity contribution >= 4 is 17.7 Å². The summed E-state index contributed by atoms with van der Waals surface area (Å²) in [6.45, 7) is 5.88. The van der Waals surface area contributed by atoms with Gasteiger partial charge in [-0.2, -0.15) is 0 Å². The molecule has 158 valence electrons. The molecule has 1 fully saturated rings. The summed E-state index contributed by atoms with van der Waals surface area (Å²) in [7, 11) is 1.56. The molecule has 29 heavy (non-hydrogen) atoms. The molecular weight excluding hydrogens is 374 g/mol. The number of likely N-dealkylation sites (tertiary alicyclic amines) is 1. The Morgan fingerprint density at radius 3 is 2.72 bits per heavy atom. The summed E-state index contributed by atoms with van der Waals surface area (Å²) in [4.78, 5) is 40.9. The lowest BCUT2D eigenvalue weighted by atomic mass is 9.94. The number of nitrogens with one attached hydrogen (secondary N) is 1. The summed E-state index contributed by atoms with van der Waals surface area (Å²) in [6.07, 6.45) is 1.26. The first-order chi connectivity index (χ1) is 13.9. The summed E-state index contributed by atoms with van der Waals surface area (Å²) >= 11 is 0. The van der Waals surface area contributed by atoms with Crippen molar-refractivity contribution in [3.8, 4) is 11.5 Å². The van der Waals surface area contributed by atoms with Crippen molar-refractivity contribution in [3.63, 3.8) is 0 Å². The summed E-state index contributed by atoms with van der Waals surface area (Å²) in [5, 5.41) is 2.92. The van der Waals surface area contributed by atoms with Gasteiger partial charge in [-0.3, -0.25) is 14.4 Å². The number of rotatable bonds is 5. The molecule has 1 spiro atoms. The number of nitrogens with zero attached hydrogens (tertiary/aromatic N) is 2. The minimum Gasteiger partial charge on any atom is -0.497 e. The lowest BCUT2D eigenvalue weighted by molar-refractivity contribution is -0.140. The number of amides is 3. The molecule has 1 N–H and O–H groups in total. The number of benzene rings is 1. The summed E-state index contributed by atoms with van der Waals surface area (Å²) in [5.41, 5.74) is -0.248. The Balaban J connectivity index is 1.78. The van der Waals surface area contributed by atoms with Gasteiger partial charge >= 0.3 is 0 Å². The Labute approximate surface area is 171 Å². The summed E-state index contributed by atoms with van der Waals surface area (Å²) in [6, 6.07) is 5.10. The molecule has 3 amide bonds. The Kier molecular flexibility index (Phi) is 6.30. The van der Waals surface area contributed by atoms with Crippen LogP contribution in [0.15, 0.2) is 18.2 Å². The fourth-order valence-electron chi connectivity index (χ4n) is 3.87. The number of carbonyl (C=O) groups is 3. The molecule has 0 saturated carbocycles. The molecule has 2 heterocycles. The van der Waals surface area contributed by atoms with E-state index >= 15 is 0 Å². The zero-order valence-electron chi connectivity index (χ0n) is 17.3. The monoisotopic (exact) mass is 403 g/mol. The van der Waals surface area contributed by atoms with Crippen molar-refractivity contribution in [3.05, 3.63) is 23.8 Å². The largest absolute Gasteiger partial charge is 0.497 e. The van der Waals surface area contributed by atoms with E-state index in [2.05, 4.69) is 5.32 Å². The average molecular weight is 403 g/mol. The van der Waals surface area contributed by atoms with Crippen LogP contribution in [0.4, 0.5) is 0 Å². The van der Waals surface area contributed by atoms with Gasteiger partial charge in [-0.25, -0.2) is 0 Å². The van der Waals surface area contributed by atoms with Gasteiger partial charge in [0.2, 0.25) is 11.8 Å². The molecule has 0 aliphatic carbocycles. The Bertz CT molecular complexity index is 793. The first kappa shape index (κ1) is 21.0. The van der Waals surface area contributed by atoms with Crippen molar-refractivity contribution in [1.29, 1.82) is 0 Å². The van der Waals surface area contributed by atoms with E-state index in [1.54, 1.807) is 35.1 Å². The second kappa shape index (κ2) is 8.71. The molecule has 1 aromatic carbocycles. The molecule has 1 atom stereocenters. The van der Waals surface area contributed by atoms with Gasteiger partial charge in [-0.15, -0.1) is 0 Å². The van der Waals surface area contributed by atoms with E-state index in [1.165, 1.54) is 0 Å². The topological polar surface area (TPSA) is 88.2 Å². The zero-order chi connectivity index (χ0) is 21.0. The third-order valence-electron chi connectivity index (χ3n) is 5.76.